The Kier molecular flexibility index (Phi) is 4.92. The van der Waals surface area contributed by atoms with Gasteiger partial charge in [-0.3, -0.25) is 0 Å². The van der Waals surface area contributed by atoms with Crippen LogP contribution in [0.2, 0.25) is 5.02 Å². The van der Waals surface area contributed by atoms with Gasteiger partial charge in [-0.15, -0.1) is 0 Å². The van der Waals surface area contributed by atoms with Crippen LogP contribution in [-0.4, -0.2) is 31.3 Å². The van der Waals surface area contributed by atoms with Gasteiger partial charge in [-0.25, -0.2) is 4.79 Å². The minimum absolute atomic E-state index is 0.0566. The molecule has 4 fully saturated rings. The first-order valence-corrected chi connectivity index (χ1v) is 9.86. The molecule has 0 aliphatic heterocycles. The molecule has 136 valence electrons. The van der Waals surface area contributed by atoms with Crippen LogP contribution >= 0.6 is 11.6 Å². The molecule has 4 aliphatic rings. The average Bonchev–Trinajstić information content (AvgIpc) is 2.57. The maximum absolute atomic E-state index is 11.8. The number of carbonyl (C=O) groups excluding carboxylic acids is 1. The van der Waals surface area contributed by atoms with E-state index >= 15 is 0 Å². The summed E-state index contributed by atoms with van der Waals surface area (Å²) in [6.45, 7) is 1.27. The predicted octanol–water partition coefficient (Wildman–Crippen LogP) is 2.79. The Hall–Kier alpha value is -1.26. The van der Waals surface area contributed by atoms with Gasteiger partial charge in [0.05, 0.1) is 5.54 Å². The molecular formula is C20H27ClNO3+. The molecule has 25 heavy (non-hydrogen) atoms. The van der Waals surface area contributed by atoms with Crippen LogP contribution in [0.1, 0.15) is 38.5 Å². The van der Waals surface area contributed by atoms with E-state index in [1.165, 1.54) is 38.5 Å². The lowest BCUT2D eigenvalue weighted by Crippen LogP contribution is -2.99. The van der Waals surface area contributed by atoms with E-state index in [0.29, 0.717) is 22.9 Å². The average molecular weight is 365 g/mol. The van der Waals surface area contributed by atoms with Crippen LogP contribution in [-0.2, 0) is 9.53 Å². The summed E-state index contributed by atoms with van der Waals surface area (Å²) in [5.41, 5.74) is 0.445. The highest BCUT2D eigenvalue weighted by atomic mass is 35.5. The van der Waals surface area contributed by atoms with Crippen molar-refractivity contribution < 1.29 is 19.6 Å². The first-order chi connectivity index (χ1) is 12.1. The number of esters is 1. The molecule has 0 aromatic heterocycles. The predicted molar refractivity (Wildman–Crippen MR) is 95.6 cm³/mol. The lowest BCUT2D eigenvalue weighted by Gasteiger charge is -2.54. The topological polar surface area (TPSA) is 52.1 Å². The molecule has 4 saturated carbocycles. The molecule has 0 radical (unpaired) electrons. The summed E-state index contributed by atoms with van der Waals surface area (Å²) in [4.78, 5) is 11.8. The van der Waals surface area contributed by atoms with Gasteiger partial charge in [-0.2, -0.15) is 0 Å². The van der Waals surface area contributed by atoms with Gasteiger partial charge < -0.3 is 14.8 Å². The molecule has 2 N–H and O–H groups in total. The number of benzene rings is 1. The van der Waals surface area contributed by atoms with E-state index in [9.17, 15) is 4.79 Å². The third-order valence-corrected chi connectivity index (χ3v) is 6.47. The fraction of sp³-hybridized carbons (Fsp3) is 0.650. The van der Waals surface area contributed by atoms with Crippen molar-refractivity contribution in [3.05, 3.63) is 29.3 Å². The van der Waals surface area contributed by atoms with Crippen LogP contribution in [0.4, 0.5) is 0 Å². The van der Waals surface area contributed by atoms with Gasteiger partial charge in [0.1, 0.15) is 18.9 Å². The first-order valence-electron chi connectivity index (χ1n) is 9.49. The number of hydrogen-bond donors (Lipinski definition) is 1. The van der Waals surface area contributed by atoms with Gasteiger partial charge in [0, 0.05) is 24.3 Å². The Morgan fingerprint density at radius 1 is 1.08 bits per heavy atom. The van der Waals surface area contributed by atoms with Crippen LogP contribution in [0.3, 0.4) is 0 Å². The molecule has 0 amide bonds. The Bertz CT molecular complexity index is 581. The maximum Gasteiger partial charge on any atom is 0.344 e. The van der Waals surface area contributed by atoms with Crippen LogP contribution in [0.5, 0.6) is 5.75 Å². The summed E-state index contributed by atoms with van der Waals surface area (Å²) in [6, 6.07) is 6.97. The summed E-state index contributed by atoms with van der Waals surface area (Å²) < 4.78 is 10.7. The van der Waals surface area contributed by atoms with Gasteiger partial charge in [-0.05, 0) is 61.3 Å². The summed E-state index contributed by atoms with van der Waals surface area (Å²) in [5, 5.41) is 3.13. The van der Waals surface area contributed by atoms with Crippen molar-refractivity contribution in [2.45, 2.75) is 44.1 Å². The van der Waals surface area contributed by atoms with E-state index in [4.69, 9.17) is 21.1 Å². The summed E-state index contributed by atoms with van der Waals surface area (Å²) >= 11 is 5.82. The summed E-state index contributed by atoms with van der Waals surface area (Å²) in [5.74, 6) is 3.18. The van der Waals surface area contributed by atoms with Crippen molar-refractivity contribution in [3.63, 3.8) is 0 Å². The van der Waals surface area contributed by atoms with E-state index in [2.05, 4.69) is 5.32 Å². The monoisotopic (exact) mass is 364 g/mol. The summed E-state index contributed by atoms with van der Waals surface area (Å²) in [6.07, 6.45) is 8.49. The van der Waals surface area contributed by atoms with E-state index in [-0.39, 0.29) is 12.6 Å². The van der Waals surface area contributed by atoms with Crippen molar-refractivity contribution in [1.82, 2.24) is 0 Å². The second-order valence-corrected chi connectivity index (χ2v) is 8.67. The van der Waals surface area contributed by atoms with E-state index in [0.717, 1.165) is 24.3 Å². The third-order valence-electron chi connectivity index (χ3n) is 6.21. The highest BCUT2D eigenvalue weighted by molar-refractivity contribution is 6.30. The summed E-state index contributed by atoms with van der Waals surface area (Å²) in [7, 11) is 0. The maximum atomic E-state index is 11.8. The molecule has 1 aromatic rings. The minimum atomic E-state index is -0.311. The molecule has 0 spiro atoms. The zero-order valence-corrected chi connectivity index (χ0v) is 15.3. The highest BCUT2D eigenvalue weighted by Gasteiger charge is 2.53. The van der Waals surface area contributed by atoms with Crippen molar-refractivity contribution in [2.75, 3.05) is 19.8 Å². The normalized spacial score (nSPS) is 32.6. The van der Waals surface area contributed by atoms with Gasteiger partial charge >= 0.3 is 5.97 Å². The number of ether oxygens (including phenoxy) is 2. The molecular weight excluding hydrogens is 338 g/mol. The molecule has 0 unspecified atom stereocenters. The van der Waals surface area contributed by atoms with E-state index < -0.39 is 0 Å². The molecule has 0 atom stereocenters. The lowest BCUT2D eigenvalue weighted by molar-refractivity contribution is -0.739. The number of hydrogen-bond acceptors (Lipinski definition) is 3. The third kappa shape index (κ3) is 4.12. The van der Waals surface area contributed by atoms with Crippen molar-refractivity contribution in [3.8, 4) is 5.75 Å². The van der Waals surface area contributed by atoms with Crippen LogP contribution in [0.25, 0.3) is 0 Å². The Morgan fingerprint density at radius 3 is 2.28 bits per heavy atom. The second-order valence-electron chi connectivity index (χ2n) is 8.24. The molecule has 0 saturated heterocycles. The number of quaternary nitrogens is 1. The van der Waals surface area contributed by atoms with Crippen molar-refractivity contribution in [1.29, 1.82) is 0 Å². The van der Waals surface area contributed by atoms with Crippen LogP contribution in [0.15, 0.2) is 24.3 Å². The molecule has 4 aliphatic carbocycles. The van der Waals surface area contributed by atoms with Gasteiger partial charge in [-0.1, -0.05) is 11.6 Å². The van der Waals surface area contributed by atoms with Gasteiger partial charge in [0.15, 0.2) is 6.61 Å². The smallest absolute Gasteiger partial charge is 0.344 e. The minimum Gasteiger partial charge on any atom is -0.482 e. The van der Waals surface area contributed by atoms with E-state index in [1.807, 2.05) is 0 Å². The Morgan fingerprint density at radius 2 is 1.68 bits per heavy atom. The van der Waals surface area contributed by atoms with Gasteiger partial charge in [0.2, 0.25) is 0 Å². The largest absolute Gasteiger partial charge is 0.482 e. The Labute approximate surface area is 154 Å². The number of halogens is 1. The molecule has 5 rings (SSSR count). The van der Waals surface area contributed by atoms with Crippen LogP contribution < -0.4 is 10.1 Å². The lowest BCUT2D eigenvalue weighted by atomic mass is 9.53. The van der Waals surface area contributed by atoms with Gasteiger partial charge in [0.25, 0.3) is 0 Å². The second kappa shape index (κ2) is 7.16. The van der Waals surface area contributed by atoms with Crippen molar-refractivity contribution in [2.24, 2.45) is 17.8 Å². The molecule has 4 bridgehead atoms. The fourth-order valence-corrected chi connectivity index (χ4v) is 5.81. The highest BCUT2D eigenvalue weighted by Crippen LogP contribution is 2.54. The zero-order valence-electron chi connectivity index (χ0n) is 14.6. The number of rotatable bonds is 7. The SMILES string of the molecule is O=C(COc1ccc(Cl)cc1)OCC[NH2+]C12CC3CC(CC(C3)C1)C2. The molecule has 4 nitrogen and oxygen atoms in total. The molecule has 5 heteroatoms. The molecule has 1 aromatic carbocycles. The van der Waals surface area contributed by atoms with Crippen molar-refractivity contribution >= 4 is 17.6 Å². The molecule has 0 heterocycles. The zero-order chi connectivity index (χ0) is 17.3. The standard InChI is InChI=1S/C20H26ClNO3/c21-17-1-3-18(4-2-17)25-13-19(23)24-6-5-22-20-10-14-7-15(11-20)9-16(8-14)12-20/h1-4,14-16,22H,5-13H2/p+1. The Balaban J connectivity index is 1.16. The quantitative estimate of drug-likeness (QED) is 0.598. The van der Waals surface area contributed by atoms with E-state index in [1.54, 1.807) is 24.3 Å². The fourth-order valence-electron chi connectivity index (χ4n) is 5.68. The van der Waals surface area contributed by atoms with Crippen LogP contribution in [0, 0.1) is 17.8 Å². The first kappa shape index (κ1) is 17.2. The number of carbonyl (C=O) groups is 1. The number of nitrogens with two attached hydrogens (primary N) is 1.